The van der Waals surface area contributed by atoms with Crippen LogP contribution in [0.4, 0.5) is 0 Å². The third-order valence-corrected chi connectivity index (χ3v) is 5.86. The summed E-state index contributed by atoms with van der Waals surface area (Å²) in [5, 5.41) is 9.99. The molecule has 152 valence electrons. The van der Waals surface area contributed by atoms with Crippen LogP contribution >= 0.6 is 0 Å². The molecule has 6 nitrogen and oxygen atoms in total. The maximum atomic E-state index is 12.7. The van der Waals surface area contributed by atoms with E-state index in [4.69, 9.17) is 10.00 Å². The van der Waals surface area contributed by atoms with Crippen molar-refractivity contribution in [3.8, 4) is 6.07 Å². The molecule has 29 heavy (non-hydrogen) atoms. The van der Waals surface area contributed by atoms with Gasteiger partial charge in [-0.3, -0.25) is 9.69 Å². The molecule has 2 fully saturated rings. The van der Waals surface area contributed by atoms with Crippen LogP contribution in [-0.2, 0) is 16.1 Å². The molecule has 1 amide bonds. The van der Waals surface area contributed by atoms with Crippen molar-refractivity contribution in [3.63, 3.8) is 0 Å². The van der Waals surface area contributed by atoms with Crippen molar-refractivity contribution in [3.05, 3.63) is 42.1 Å². The Hall–Kier alpha value is -2.62. The minimum Gasteiger partial charge on any atom is -0.377 e. The van der Waals surface area contributed by atoms with Crippen LogP contribution in [0.3, 0.4) is 0 Å². The maximum absolute atomic E-state index is 12.7. The fraction of sp³-hybridized carbons (Fsp3) is 0.478. The topological polar surface area (TPSA) is 61.5 Å². The molecule has 2 aromatic rings. The minimum absolute atomic E-state index is 0.0654. The standard InChI is InChI=1S/C23H28N4O2/c24-10-4-11-27-17-19(21-6-1-2-7-22(21)27)8-9-23(28)26-14-12-25(13-15-26)18-20-5-3-16-29-20/h1-2,6-9,17,20H,3-5,11-16,18H2. The summed E-state index contributed by atoms with van der Waals surface area (Å²) >= 11 is 0. The van der Waals surface area contributed by atoms with Crippen molar-refractivity contribution in [1.82, 2.24) is 14.4 Å². The number of hydrogen-bond acceptors (Lipinski definition) is 4. The largest absolute Gasteiger partial charge is 0.377 e. The van der Waals surface area contributed by atoms with E-state index in [0.29, 0.717) is 19.1 Å². The number of amides is 1. The predicted molar refractivity (Wildman–Crippen MR) is 113 cm³/mol. The summed E-state index contributed by atoms with van der Waals surface area (Å²) < 4.78 is 7.82. The van der Waals surface area contributed by atoms with E-state index in [1.807, 2.05) is 29.3 Å². The second-order valence-electron chi connectivity index (χ2n) is 7.80. The fourth-order valence-electron chi connectivity index (χ4n) is 4.26. The summed E-state index contributed by atoms with van der Waals surface area (Å²) in [6, 6.07) is 10.3. The summed E-state index contributed by atoms with van der Waals surface area (Å²) in [6.07, 6.45) is 8.79. The lowest BCUT2D eigenvalue weighted by Crippen LogP contribution is -2.50. The molecule has 2 saturated heterocycles. The highest BCUT2D eigenvalue weighted by Crippen LogP contribution is 2.23. The summed E-state index contributed by atoms with van der Waals surface area (Å²) in [5.41, 5.74) is 2.11. The molecule has 0 bridgehead atoms. The van der Waals surface area contributed by atoms with E-state index in [9.17, 15) is 4.79 Å². The molecule has 2 aliphatic heterocycles. The molecule has 1 unspecified atom stereocenters. The van der Waals surface area contributed by atoms with Crippen LogP contribution in [0.2, 0.25) is 0 Å². The van der Waals surface area contributed by atoms with E-state index < -0.39 is 0 Å². The quantitative estimate of drug-likeness (QED) is 0.709. The third kappa shape index (κ3) is 4.69. The Bertz CT molecular complexity index is 913. The van der Waals surface area contributed by atoms with Gasteiger partial charge in [0.05, 0.1) is 18.6 Å². The zero-order chi connectivity index (χ0) is 20.1. The Balaban J connectivity index is 1.37. The number of aromatic nitrogens is 1. The summed E-state index contributed by atoms with van der Waals surface area (Å²) in [5.74, 6) is 0.0654. The second-order valence-corrected chi connectivity index (χ2v) is 7.80. The van der Waals surface area contributed by atoms with E-state index in [1.165, 1.54) is 6.42 Å². The molecule has 4 rings (SSSR count). The summed E-state index contributed by atoms with van der Waals surface area (Å²) in [7, 11) is 0. The lowest BCUT2D eigenvalue weighted by atomic mass is 10.1. The van der Waals surface area contributed by atoms with Gasteiger partial charge in [0.15, 0.2) is 0 Å². The highest BCUT2D eigenvalue weighted by atomic mass is 16.5. The van der Waals surface area contributed by atoms with Gasteiger partial charge in [-0.2, -0.15) is 5.26 Å². The van der Waals surface area contributed by atoms with Gasteiger partial charge in [-0.25, -0.2) is 0 Å². The zero-order valence-electron chi connectivity index (χ0n) is 16.8. The van der Waals surface area contributed by atoms with E-state index in [-0.39, 0.29) is 5.91 Å². The van der Waals surface area contributed by atoms with Crippen molar-refractivity contribution in [2.45, 2.75) is 31.9 Å². The van der Waals surface area contributed by atoms with E-state index in [2.05, 4.69) is 27.7 Å². The smallest absolute Gasteiger partial charge is 0.246 e. The average Bonchev–Trinajstić information content (AvgIpc) is 3.39. The minimum atomic E-state index is 0.0654. The first kappa shape index (κ1) is 19.7. The average molecular weight is 393 g/mol. The number of hydrogen-bond donors (Lipinski definition) is 0. The Labute approximate surface area is 171 Å². The third-order valence-electron chi connectivity index (χ3n) is 5.86. The van der Waals surface area contributed by atoms with Crippen molar-refractivity contribution in [2.24, 2.45) is 0 Å². The van der Waals surface area contributed by atoms with Crippen LogP contribution in [0.25, 0.3) is 17.0 Å². The lowest BCUT2D eigenvalue weighted by Gasteiger charge is -2.35. The number of fused-ring (bicyclic) bond motifs is 1. The van der Waals surface area contributed by atoms with E-state index >= 15 is 0 Å². The first-order valence-corrected chi connectivity index (χ1v) is 10.5. The van der Waals surface area contributed by atoms with E-state index in [0.717, 1.165) is 62.2 Å². The second kappa shape index (κ2) is 9.25. The van der Waals surface area contributed by atoms with Gasteiger partial charge < -0.3 is 14.2 Å². The monoisotopic (exact) mass is 392 g/mol. The van der Waals surface area contributed by atoms with Gasteiger partial charge in [-0.1, -0.05) is 18.2 Å². The van der Waals surface area contributed by atoms with Crippen molar-refractivity contribution < 1.29 is 9.53 Å². The molecular weight excluding hydrogens is 364 g/mol. The molecule has 1 aromatic heterocycles. The van der Waals surface area contributed by atoms with Gasteiger partial charge in [0, 0.05) is 74.6 Å². The van der Waals surface area contributed by atoms with Crippen molar-refractivity contribution in [1.29, 1.82) is 5.26 Å². The highest BCUT2D eigenvalue weighted by Gasteiger charge is 2.24. The highest BCUT2D eigenvalue weighted by molar-refractivity contribution is 5.96. The van der Waals surface area contributed by atoms with Crippen molar-refractivity contribution in [2.75, 3.05) is 39.3 Å². The first-order valence-electron chi connectivity index (χ1n) is 10.5. The first-order chi connectivity index (χ1) is 14.2. The predicted octanol–water partition coefficient (Wildman–Crippen LogP) is 2.89. The zero-order valence-corrected chi connectivity index (χ0v) is 16.8. The summed E-state index contributed by atoms with van der Waals surface area (Å²) in [6.45, 7) is 5.88. The van der Waals surface area contributed by atoms with Crippen LogP contribution in [0.1, 0.15) is 24.8 Å². The molecule has 3 heterocycles. The number of nitrogens with zero attached hydrogens (tertiary/aromatic N) is 4. The van der Waals surface area contributed by atoms with Crippen molar-refractivity contribution >= 4 is 22.9 Å². The molecule has 2 aliphatic rings. The number of para-hydroxylation sites is 1. The van der Waals surface area contributed by atoms with Gasteiger partial charge in [-0.05, 0) is 25.0 Å². The Kier molecular flexibility index (Phi) is 6.28. The van der Waals surface area contributed by atoms with Gasteiger partial charge >= 0.3 is 0 Å². The molecule has 1 atom stereocenters. The molecule has 0 spiro atoms. The van der Waals surface area contributed by atoms with Gasteiger partial charge in [0.2, 0.25) is 5.91 Å². The van der Waals surface area contributed by atoms with Crippen LogP contribution in [0.5, 0.6) is 0 Å². The summed E-state index contributed by atoms with van der Waals surface area (Å²) in [4.78, 5) is 17.0. The van der Waals surface area contributed by atoms with Crippen LogP contribution in [-0.4, -0.2) is 65.7 Å². The SMILES string of the molecule is N#CCCn1cc(C=CC(=O)N2CCN(CC3CCCO3)CC2)c2ccccc21. The lowest BCUT2D eigenvalue weighted by molar-refractivity contribution is -0.127. The van der Waals surface area contributed by atoms with Gasteiger partial charge in [0.1, 0.15) is 0 Å². The Morgan fingerprint density at radius 1 is 1.24 bits per heavy atom. The fourth-order valence-corrected chi connectivity index (χ4v) is 4.26. The van der Waals surface area contributed by atoms with Crippen LogP contribution < -0.4 is 0 Å². The molecule has 0 saturated carbocycles. The Morgan fingerprint density at radius 3 is 2.83 bits per heavy atom. The van der Waals surface area contributed by atoms with Crippen LogP contribution in [0, 0.1) is 11.3 Å². The van der Waals surface area contributed by atoms with Gasteiger partial charge in [0.25, 0.3) is 0 Å². The number of benzene rings is 1. The Morgan fingerprint density at radius 2 is 2.07 bits per heavy atom. The molecular formula is C23H28N4O2. The van der Waals surface area contributed by atoms with E-state index in [1.54, 1.807) is 6.08 Å². The molecule has 0 aliphatic carbocycles. The maximum Gasteiger partial charge on any atom is 0.246 e. The number of aryl methyl sites for hydroxylation is 1. The number of ether oxygens (including phenoxy) is 1. The number of piperazine rings is 1. The van der Waals surface area contributed by atoms with Gasteiger partial charge in [-0.15, -0.1) is 0 Å². The molecule has 6 heteroatoms. The number of nitriles is 1. The molecule has 1 aromatic carbocycles. The number of rotatable bonds is 6. The number of carbonyl (C=O) groups is 1. The molecule has 0 radical (unpaired) electrons. The number of carbonyl (C=O) groups excluding carboxylic acids is 1. The van der Waals surface area contributed by atoms with Crippen LogP contribution in [0.15, 0.2) is 36.5 Å². The molecule has 0 N–H and O–H groups in total. The normalized spacial score (nSPS) is 20.5.